The molecule has 1 aromatic heterocycles. The van der Waals surface area contributed by atoms with E-state index in [0.717, 1.165) is 11.3 Å². The van der Waals surface area contributed by atoms with Crippen LogP contribution in [0.25, 0.3) is 0 Å². The van der Waals surface area contributed by atoms with Crippen LogP contribution in [0.3, 0.4) is 0 Å². The number of nitrogens with one attached hydrogen (secondary N) is 2. The van der Waals surface area contributed by atoms with Gasteiger partial charge in [-0.25, -0.2) is 16.8 Å². The molecule has 0 unspecified atom stereocenters. The lowest BCUT2D eigenvalue weighted by molar-refractivity contribution is 0.600. The quantitative estimate of drug-likeness (QED) is 0.620. The van der Waals surface area contributed by atoms with Gasteiger partial charge in [-0.15, -0.1) is 11.3 Å². The Hall–Kier alpha value is -2.07. The summed E-state index contributed by atoms with van der Waals surface area (Å²) >= 11 is 6.87. The Balaban J connectivity index is 1.77. The lowest BCUT2D eigenvalue weighted by Gasteiger charge is -2.10. The van der Waals surface area contributed by atoms with Crippen molar-refractivity contribution in [2.24, 2.45) is 0 Å². The van der Waals surface area contributed by atoms with Crippen molar-refractivity contribution in [3.8, 4) is 0 Å². The highest BCUT2D eigenvalue weighted by atomic mass is 35.5. The average molecular weight is 429 g/mol. The monoisotopic (exact) mass is 428 g/mol. The molecule has 0 aliphatic rings. The second-order valence-corrected chi connectivity index (χ2v) is 10.2. The zero-order chi connectivity index (χ0) is 18.8. The third-order valence-corrected chi connectivity index (χ3v) is 7.70. The van der Waals surface area contributed by atoms with Gasteiger partial charge in [0.1, 0.15) is 4.21 Å². The zero-order valence-electron chi connectivity index (χ0n) is 13.1. The van der Waals surface area contributed by atoms with Gasteiger partial charge in [0.05, 0.1) is 4.90 Å². The minimum absolute atomic E-state index is 0.00604. The lowest BCUT2D eigenvalue weighted by Crippen LogP contribution is -2.14. The molecule has 3 aromatic rings. The molecule has 0 bridgehead atoms. The molecular formula is C16H13ClN2O4S3. The highest BCUT2D eigenvalue weighted by Crippen LogP contribution is 2.23. The molecule has 0 saturated heterocycles. The highest BCUT2D eigenvalue weighted by Gasteiger charge is 2.17. The van der Waals surface area contributed by atoms with E-state index in [9.17, 15) is 16.8 Å². The van der Waals surface area contributed by atoms with Gasteiger partial charge in [-0.05, 0) is 60.0 Å². The number of hydrogen-bond donors (Lipinski definition) is 2. The molecule has 26 heavy (non-hydrogen) atoms. The molecule has 6 nitrogen and oxygen atoms in total. The summed E-state index contributed by atoms with van der Waals surface area (Å²) in [5.74, 6) is 0. The van der Waals surface area contributed by atoms with Crippen LogP contribution in [0.1, 0.15) is 0 Å². The Bertz CT molecular complexity index is 1090. The maximum absolute atomic E-state index is 12.4. The molecule has 0 saturated carbocycles. The van der Waals surface area contributed by atoms with Crippen LogP contribution in [0.2, 0.25) is 5.02 Å². The summed E-state index contributed by atoms with van der Waals surface area (Å²) in [4.78, 5) is 0.00604. The summed E-state index contributed by atoms with van der Waals surface area (Å²) in [6.07, 6.45) is 0. The van der Waals surface area contributed by atoms with Gasteiger partial charge in [0.15, 0.2) is 0 Å². The van der Waals surface area contributed by atoms with Gasteiger partial charge >= 0.3 is 0 Å². The van der Waals surface area contributed by atoms with E-state index in [-0.39, 0.29) is 14.8 Å². The summed E-state index contributed by atoms with van der Waals surface area (Å²) in [7, 11) is -7.48. The Morgan fingerprint density at radius 3 is 1.81 bits per heavy atom. The van der Waals surface area contributed by atoms with E-state index < -0.39 is 20.0 Å². The van der Waals surface area contributed by atoms with Gasteiger partial charge < -0.3 is 0 Å². The number of benzene rings is 2. The van der Waals surface area contributed by atoms with Gasteiger partial charge in [0, 0.05) is 16.4 Å². The predicted molar refractivity (Wildman–Crippen MR) is 104 cm³/mol. The van der Waals surface area contributed by atoms with Gasteiger partial charge in [0.2, 0.25) is 0 Å². The Morgan fingerprint density at radius 2 is 1.27 bits per heavy atom. The molecule has 0 aliphatic heterocycles. The first kappa shape index (κ1) is 18.7. The minimum atomic E-state index is -3.80. The van der Waals surface area contributed by atoms with Gasteiger partial charge in [0.25, 0.3) is 20.0 Å². The van der Waals surface area contributed by atoms with Gasteiger partial charge in [-0.2, -0.15) is 0 Å². The summed E-state index contributed by atoms with van der Waals surface area (Å²) in [5, 5.41) is 2.16. The largest absolute Gasteiger partial charge is 0.280 e. The van der Waals surface area contributed by atoms with Crippen LogP contribution in [-0.2, 0) is 20.0 Å². The topological polar surface area (TPSA) is 92.3 Å². The van der Waals surface area contributed by atoms with E-state index in [4.69, 9.17) is 11.6 Å². The molecule has 0 radical (unpaired) electrons. The third kappa shape index (κ3) is 4.36. The molecular weight excluding hydrogens is 416 g/mol. The number of thiophene rings is 1. The van der Waals surface area contributed by atoms with Crippen molar-refractivity contribution in [2.45, 2.75) is 9.10 Å². The summed E-state index contributed by atoms with van der Waals surface area (Å²) in [6, 6.07) is 14.8. The summed E-state index contributed by atoms with van der Waals surface area (Å²) in [5.41, 5.74) is 0.640. The molecule has 1 heterocycles. The summed E-state index contributed by atoms with van der Waals surface area (Å²) in [6.45, 7) is 0. The van der Waals surface area contributed by atoms with Gasteiger partial charge in [-0.3, -0.25) is 9.44 Å². The molecule has 10 heteroatoms. The van der Waals surface area contributed by atoms with Crippen molar-refractivity contribution in [2.75, 3.05) is 9.44 Å². The van der Waals surface area contributed by atoms with Crippen molar-refractivity contribution in [3.05, 3.63) is 71.1 Å². The molecule has 0 atom stereocenters. The SMILES string of the molecule is O=S(=O)(Nc1ccc(Cl)cc1)c1ccc(NS(=O)(=O)c2cccs2)cc1. The van der Waals surface area contributed by atoms with Crippen molar-refractivity contribution in [1.29, 1.82) is 0 Å². The second kappa shape index (κ2) is 7.28. The standard InChI is InChI=1S/C16H13ClN2O4S3/c17-12-3-5-13(6-4-12)18-25(20,21)15-9-7-14(8-10-15)19-26(22,23)16-2-1-11-24-16/h1-11,18-19H. The Morgan fingerprint density at radius 1 is 0.731 bits per heavy atom. The van der Waals surface area contributed by atoms with Crippen LogP contribution in [0, 0.1) is 0 Å². The van der Waals surface area contributed by atoms with Crippen LogP contribution < -0.4 is 9.44 Å². The van der Waals surface area contributed by atoms with Crippen molar-refractivity contribution in [1.82, 2.24) is 0 Å². The van der Waals surface area contributed by atoms with Crippen molar-refractivity contribution < 1.29 is 16.8 Å². The van der Waals surface area contributed by atoms with Crippen LogP contribution >= 0.6 is 22.9 Å². The molecule has 2 aromatic carbocycles. The van der Waals surface area contributed by atoms with Crippen LogP contribution in [-0.4, -0.2) is 16.8 Å². The van der Waals surface area contributed by atoms with E-state index in [1.54, 1.807) is 35.7 Å². The van der Waals surface area contributed by atoms with Crippen LogP contribution in [0.5, 0.6) is 0 Å². The van der Waals surface area contributed by atoms with E-state index >= 15 is 0 Å². The number of anilines is 2. The van der Waals surface area contributed by atoms with Crippen LogP contribution in [0.15, 0.2) is 75.1 Å². The smallest absolute Gasteiger partial charge is 0.271 e. The highest BCUT2D eigenvalue weighted by molar-refractivity contribution is 7.94. The fourth-order valence-corrected chi connectivity index (χ4v) is 5.29. The molecule has 0 amide bonds. The first-order valence-corrected chi connectivity index (χ1v) is 11.4. The Kier molecular flexibility index (Phi) is 5.24. The predicted octanol–water partition coefficient (Wildman–Crippen LogP) is 4.00. The van der Waals surface area contributed by atoms with Gasteiger partial charge in [-0.1, -0.05) is 17.7 Å². The third-order valence-electron chi connectivity index (χ3n) is 3.27. The van der Waals surface area contributed by atoms with Crippen LogP contribution in [0.4, 0.5) is 11.4 Å². The number of sulfonamides is 2. The lowest BCUT2D eigenvalue weighted by atomic mass is 10.3. The molecule has 0 spiro atoms. The number of rotatable bonds is 6. The molecule has 3 rings (SSSR count). The van der Waals surface area contributed by atoms with Crippen molar-refractivity contribution in [3.63, 3.8) is 0 Å². The van der Waals surface area contributed by atoms with E-state index in [2.05, 4.69) is 9.44 Å². The maximum Gasteiger partial charge on any atom is 0.271 e. The maximum atomic E-state index is 12.4. The fraction of sp³-hybridized carbons (Fsp3) is 0. The fourth-order valence-electron chi connectivity index (χ4n) is 2.06. The number of hydrogen-bond acceptors (Lipinski definition) is 5. The normalized spacial score (nSPS) is 11.9. The Labute approximate surface area is 160 Å². The first-order valence-electron chi connectivity index (χ1n) is 7.21. The molecule has 0 aliphatic carbocycles. The zero-order valence-corrected chi connectivity index (χ0v) is 16.3. The van der Waals surface area contributed by atoms with E-state index in [1.165, 1.54) is 30.3 Å². The average Bonchev–Trinajstić information content (AvgIpc) is 3.12. The first-order chi connectivity index (χ1) is 12.3. The number of halogens is 1. The molecule has 2 N–H and O–H groups in total. The second-order valence-electron chi connectivity index (χ2n) is 5.17. The minimum Gasteiger partial charge on any atom is -0.280 e. The van der Waals surface area contributed by atoms with E-state index in [1.807, 2.05) is 0 Å². The van der Waals surface area contributed by atoms with Crippen molar-refractivity contribution >= 4 is 54.4 Å². The van der Waals surface area contributed by atoms with E-state index in [0.29, 0.717) is 10.7 Å². The summed E-state index contributed by atoms with van der Waals surface area (Å²) < 4.78 is 54.1. The molecule has 0 fully saturated rings. The molecule has 136 valence electrons.